The van der Waals surface area contributed by atoms with Crippen molar-refractivity contribution in [1.29, 1.82) is 0 Å². The molecule has 0 bridgehead atoms. The molecule has 1 N–H and O–H groups in total. The molecular weight excluding hydrogens is 401 g/mol. The Balaban J connectivity index is 1.40. The van der Waals surface area contributed by atoms with Crippen LogP contribution in [-0.4, -0.2) is 52.2 Å². The number of nitrogens with one attached hydrogen (secondary N) is 1. The molecule has 4 rings (SSSR count). The minimum atomic E-state index is -4.58. The molecule has 1 spiro atoms. The van der Waals surface area contributed by atoms with E-state index in [1.54, 1.807) is 4.90 Å². The van der Waals surface area contributed by atoms with Gasteiger partial charge in [0.1, 0.15) is 23.6 Å². The maximum absolute atomic E-state index is 12.9. The van der Waals surface area contributed by atoms with Crippen molar-refractivity contribution in [3.8, 4) is 0 Å². The standard InChI is InChI=1S/C17H18F5N5O2/c18-16(19)5-10(6-16)25-14(28)11-7-15(29-26-11)2-1-3-27(8-15)13-4-12(17(20,21)22)23-9-24-13/h4,9-10H,1-3,5-8H2,(H,25,28). The summed E-state index contributed by atoms with van der Waals surface area (Å²) in [4.78, 5) is 26.6. The van der Waals surface area contributed by atoms with Gasteiger partial charge in [0.15, 0.2) is 5.60 Å². The van der Waals surface area contributed by atoms with E-state index < -0.39 is 48.2 Å². The second-order valence-corrected chi connectivity index (χ2v) is 7.71. The summed E-state index contributed by atoms with van der Waals surface area (Å²) in [6.07, 6.45) is -3.22. The zero-order valence-corrected chi connectivity index (χ0v) is 15.2. The number of halogens is 5. The third-order valence-electron chi connectivity index (χ3n) is 5.33. The SMILES string of the molecule is O=C(NC1CC(F)(F)C1)C1=NOC2(CCCN(c3cc(C(F)(F)F)ncn3)C2)C1. The predicted octanol–water partition coefficient (Wildman–Crippen LogP) is 2.52. The topological polar surface area (TPSA) is 79.7 Å². The summed E-state index contributed by atoms with van der Waals surface area (Å²) in [6, 6.07) is 0.278. The number of alkyl halides is 5. The molecule has 1 aliphatic carbocycles. The molecule has 1 saturated carbocycles. The van der Waals surface area contributed by atoms with Crippen LogP contribution in [0.4, 0.5) is 27.8 Å². The zero-order chi connectivity index (χ0) is 20.9. The third-order valence-corrected chi connectivity index (χ3v) is 5.33. The molecule has 7 nitrogen and oxygen atoms in total. The number of piperidine rings is 1. The molecule has 1 aromatic heterocycles. The van der Waals surface area contributed by atoms with Crippen molar-refractivity contribution in [2.24, 2.45) is 5.16 Å². The quantitative estimate of drug-likeness (QED) is 0.762. The van der Waals surface area contributed by atoms with Crippen molar-refractivity contribution in [2.75, 3.05) is 18.0 Å². The fraction of sp³-hybridized carbons (Fsp3) is 0.647. The van der Waals surface area contributed by atoms with Gasteiger partial charge in [0, 0.05) is 37.9 Å². The molecule has 29 heavy (non-hydrogen) atoms. The monoisotopic (exact) mass is 419 g/mol. The number of oxime groups is 1. The van der Waals surface area contributed by atoms with E-state index in [0.29, 0.717) is 19.4 Å². The molecule has 12 heteroatoms. The van der Waals surface area contributed by atoms with Crippen LogP contribution in [0, 0.1) is 0 Å². The van der Waals surface area contributed by atoms with Crippen LogP contribution in [0.3, 0.4) is 0 Å². The summed E-state index contributed by atoms with van der Waals surface area (Å²) in [6.45, 7) is 0.668. The van der Waals surface area contributed by atoms with Gasteiger partial charge in [0.2, 0.25) is 0 Å². The second kappa shape index (κ2) is 6.77. The highest BCUT2D eigenvalue weighted by Crippen LogP contribution is 2.38. The Morgan fingerprint density at radius 1 is 1.28 bits per heavy atom. The van der Waals surface area contributed by atoms with Crippen LogP contribution < -0.4 is 10.2 Å². The van der Waals surface area contributed by atoms with Crippen molar-refractivity contribution in [2.45, 2.75) is 55.8 Å². The number of hydrogen-bond acceptors (Lipinski definition) is 6. The number of anilines is 1. The van der Waals surface area contributed by atoms with Gasteiger partial charge in [-0.15, -0.1) is 0 Å². The van der Waals surface area contributed by atoms with Gasteiger partial charge in [-0.05, 0) is 12.8 Å². The Hall–Kier alpha value is -2.53. The summed E-state index contributed by atoms with van der Waals surface area (Å²) >= 11 is 0. The van der Waals surface area contributed by atoms with E-state index in [4.69, 9.17) is 4.84 Å². The van der Waals surface area contributed by atoms with Gasteiger partial charge in [0.05, 0.1) is 6.54 Å². The summed E-state index contributed by atoms with van der Waals surface area (Å²) in [5, 5.41) is 6.34. The molecule has 1 saturated heterocycles. The highest BCUT2D eigenvalue weighted by atomic mass is 19.4. The first-order valence-electron chi connectivity index (χ1n) is 9.13. The molecule has 1 unspecified atom stereocenters. The molecule has 2 aliphatic heterocycles. The van der Waals surface area contributed by atoms with Crippen molar-refractivity contribution < 1.29 is 31.6 Å². The average Bonchev–Trinajstić information content (AvgIpc) is 3.03. The van der Waals surface area contributed by atoms with Crippen LogP contribution in [0.5, 0.6) is 0 Å². The maximum atomic E-state index is 12.9. The van der Waals surface area contributed by atoms with Gasteiger partial charge in [-0.3, -0.25) is 4.79 Å². The van der Waals surface area contributed by atoms with E-state index in [2.05, 4.69) is 20.4 Å². The summed E-state index contributed by atoms with van der Waals surface area (Å²) < 4.78 is 64.6. The molecule has 1 aromatic rings. The van der Waals surface area contributed by atoms with Crippen LogP contribution in [-0.2, 0) is 15.8 Å². The largest absolute Gasteiger partial charge is 0.433 e. The molecular formula is C17H18F5N5O2. The van der Waals surface area contributed by atoms with Gasteiger partial charge >= 0.3 is 6.18 Å². The van der Waals surface area contributed by atoms with E-state index in [1.807, 2.05) is 0 Å². The third kappa shape index (κ3) is 4.10. The molecule has 158 valence electrons. The Kier molecular flexibility index (Phi) is 4.61. The lowest BCUT2D eigenvalue weighted by molar-refractivity contribution is -0.141. The minimum absolute atomic E-state index is 0.0979. The smallest absolute Gasteiger partial charge is 0.386 e. The normalized spacial score (nSPS) is 26.7. The molecule has 1 atom stereocenters. The zero-order valence-electron chi connectivity index (χ0n) is 15.2. The Bertz CT molecular complexity index is 838. The number of rotatable bonds is 3. The van der Waals surface area contributed by atoms with E-state index in [0.717, 1.165) is 12.4 Å². The maximum Gasteiger partial charge on any atom is 0.433 e. The highest BCUT2D eigenvalue weighted by molar-refractivity contribution is 6.39. The number of carbonyl (C=O) groups excluding carboxylic acids is 1. The predicted molar refractivity (Wildman–Crippen MR) is 90.5 cm³/mol. The van der Waals surface area contributed by atoms with Gasteiger partial charge in [-0.1, -0.05) is 5.16 Å². The van der Waals surface area contributed by atoms with Crippen LogP contribution in [0.15, 0.2) is 17.5 Å². The van der Waals surface area contributed by atoms with E-state index in [1.165, 1.54) is 0 Å². The Labute approximate surface area is 162 Å². The first kappa shape index (κ1) is 19.8. The lowest BCUT2D eigenvalue weighted by Gasteiger charge is -2.39. The Morgan fingerprint density at radius 2 is 2.03 bits per heavy atom. The van der Waals surface area contributed by atoms with E-state index in [9.17, 15) is 26.7 Å². The fourth-order valence-corrected chi connectivity index (χ4v) is 3.86. The van der Waals surface area contributed by atoms with E-state index in [-0.39, 0.29) is 24.5 Å². The summed E-state index contributed by atoms with van der Waals surface area (Å²) in [5.41, 5.74) is -1.80. The fourth-order valence-electron chi connectivity index (χ4n) is 3.86. The lowest BCUT2D eigenvalue weighted by atomic mass is 9.86. The molecule has 3 heterocycles. The van der Waals surface area contributed by atoms with Gasteiger partial charge in [-0.25, -0.2) is 18.7 Å². The molecule has 2 fully saturated rings. The molecule has 0 radical (unpaired) electrons. The van der Waals surface area contributed by atoms with Crippen LogP contribution in [0.2, 0.25) is 0 Å². The number of carbonyl (C=O) groups is 1. The van der Waals surface area contributed by atoms with Crippen molar-refractivity contribution in [3.63, 3.8) is 0 Å². The van der Waals surface area contributed by atoms with Crippen molar-refractivity contribution in [1.82, 2.24) is 15.3 Å². The van der Waals surface area contributed by atoms with Crippen LogP contribution in [0.1, 0.15) is 37.8 Å². The van der Waals surface area contributed by atoms with Crippen molar-refractivity contribution in [3.05, 3.63) is 18.1 Å². The molecule has 3 aliphatic rings. The average molecular weight is 419 g/mol. The van der Waals surface area contributed by atoms with Gasteiger partial charge in [0.25, 0.3) is 11.8 Å². The van der Waals surface area contributed by atoms with Crippen LogP contribution in [0.25, 0.3) is 0 Å². The van der Waals surface area contributed by atoms with Crippen molar-refractivity contribution >= 4 is 17.4 Å². The first-order valence-corrected chi connectivity index (χ1v) is 9.13. The minimum Gasteiger partial charge on any atom is -0.386 e. The number of amides is 1. The number of hydrogen-bond donors (Lipinski definition) is 1. The van der Waals surface area contributed by atoms with Gasteiger partial charge in [-0.2, -0.15) is 13.2 Å². The lowest BCUT2D eigenvalue weighted by Crippen LogP contribution is -2.53. The van der Waals surface area contributed by atoms with Gasteiger partial charge < -0.3 is 15.1 Å². The second-order valence-electron chi connectivity index (χ2n) is 7.71. The number of nitrogens with zero attached hydrogens (tertiary/aromatic N) is 4. The highest BCUT2D eigenvalue weighted by Gasteiger charge is 2.48. The molecule has 1 amide bonds. The Morgan fingerprint density at radius 3 is 2.72 bits per heavy atom. The summed E-state index contributed by atoms with van der Waals surface area (Å²) in [7, 11) is 0. The first-order chi connectivity index (χ1) is 13.6. The van der Waals surface area contributed by atoms with Crippen LogP contribution >= 0.6 is 0 Å². The molecule has 0 aromatic carbocycles. The number of aromatic nitrogens is 2. The van der Waals surface area contributed by atoms with E-state index >= 15 is 0 Å². The summed E-state index contributed by atoms with van der Waals surface area (Å²) in [5.74, 6) is -3.19.